The Morgan fingerprint density at radius 3 is 2.57 bits per heavy atom. The van der Waals surface area contributed by atoms with Gasteiger partial charge in [-0.1, -0.05) is 11.6 Å². The summed E-state index contributed by atoms with van der Waals surface area (Å²) in [6.45, 7) is 5.13. The minimum atomic E-state index is 0.661. The van der Waals surface area contributed by atoms with E-state index in [0.29, 0.717) is 5.02 Å². The molecule has 3 heteroatoms. The summed E-state index contributed by atoms with van der Waals surface area (Å²) in [5.41, 5.74) is 2.33. The fourth-order valence-electron chi connectivity index (χ4n) is 1.38. The lowest BCUT2D eigenvalue weighted by Crippen LogP contribution is -2.16. The topological polar surface area (TPSA) is 12.5 Å². The molecule has 14 heavy (non-hydrogen) atoms. The Morgan fingerprint density at radius 2 is 2.07 bits per heavy atom. The maximum absolute atomic E-state index is 6.05. The van der Waals surface area contributed by atoms with E-state index in [0.717, 1.165) is 18.0 Å². The first-order valence-electron chi connectivity index (χ1n) is 4.65. The largest absolute Gasteiger partial charge is 0.495 e. The van der Waals surface area contributed by atoms with E-state index in [1.54, 1.807) is 7.11 Å². The number of anilines is 1. The molecule has 0 N–H and O–H groups in total. The first kappa shape index (κ1) is 11.2. The normalized spacial score (nSPS) is 10.1. The van der Waals surface area contributed by atoms with Crippen LogP contribution in [0.15, 0.2) is 12.1 Å². The van der Waals surface area contributed by atoms with E-state index in [1.807, 2.05) is 19.2 Å². The van der Waals surface area contributed by atoms with Crippen molar-refractivity contribution in [3.8, 4) is 5.75 Å². The molecule has 0 amide bonds. The van der Waals surface area contributed by atoms with Crippen LogP contribution in [0.1, 0.15) is 12.5 Å². The highest BCUT2D eigenvalue weighted by molar-refractivity contribution is 6.32. The highest BCUT2D eigenvalue weighted by atomic mass is 35.5. The van der Waals surface area contributed by atoms with Crippen LogP contribution in [0.3, 0.4) is 0 Å². The van der Waals surface area contributed by atoms with Crippen molar-refractivity contribution >= 4 is 17.3 Å². The van der Waals surface area contributed by atoms with E-state index in [9.17, 15) is 0 Å². The second-order valence-corrected chi connectivity index (χ2v) is 3.69. The number of rotatable bonds is 3. The third-order valence-electron chi connectivity index (χ3n) is 2.36. The molecule has 0 radical (unpaired) electrons. The van der Waals surface area contributed by atoms with Gasteiger partial charge in [0.15, 0.2) is 0 Å². The first-order chi connectivity index (χ1) is 6.60. The van der Waals surface area contributed by atoms with Crippen LogP contribution in [0.5, 0.6) is 5.75 Å². The van der Waals surface area contributed by atoms with Gasteiger partial charge < -0.3 is 9.64 Å². The molecule has 0 heterocycles. The molecule has 0 fully saturated rings. The molecule has 2 nitrogen and oxygen atoms in total. The number of benzene rings is 1. The second-order valence-electron chi connectivity index (χ2n) is 3.29. The van der Waals surface area contributed by atoms with Gasteiger partial charge in [-0.25, -0.2) is 0 Å². The number of hydrogen-bond acceptors (Lipinski definition) is 2. The monoisotopic (exact) mass is 213 g/mol. The Labute approximate surface area is 90.4 Å². The Morgan fingerprint density at radius 1 is 1.43 bits per heavy atom. The SMILES string of the molecule is CCN(C)c1cc(Cl)c(OC)cc1C. The van der Waals surface area contributed by atoms with E-state index in [-0.39, 0.29) is 0 Å². The zero-order chi connectivity index (χ0) is 10.7. The van der Waals surface area contributed by atoms with Crippen LogP contribution in [0.25, 0.3) is 0 Å². The van der Waals surface area contributed by atoms with Gasteiger partial charge in [0.25, 0.3) is 0 Å². The molecular formula is C11H16ClNO. The number of halogens is 1. The maximum Gasteiger partial charge on any atom is 0.137 e. The lowest BCUT2D eigenvalue weighted by molar-refractivity contribution is 0.414. The molecule has 1 rings (SSSR count). The second kappa shape index (κ2) is 4.56. The van der Waals surface area contributed by atoms with E-state index < -0.39 is 0 Å². The standard InChI is InChI=1S/C11H16ClNO/c1-5-13(3)10-7-9(12)11(14-4)6-8(10)2/h6-7H,5H2,1-4H3. The van der Waals surface area contributed by atoms with Gasteiger partial charge in [-0.15, -0.1) is 0 Å². The number of methoxy groups -OCH3 is 1. The number of nitrogens with zero attached hydrogens (tertiary/aromatic N) is 1. The molecule has 1 aromatic carbocycles. The molecule has 0 aromatic heterocycles. The summed E-state index contributed by atoms with van der Waals surface area (Å²) in [4.78, 5) is 2.15. The molecule has 0 aliphatic carbocycles. The van der Waals surface area contributed by atoms with Crippen molar-refractivity contribution in [3.05, 3.63) is 22.7 Å². The van der Waals surface area contributed by atoms with Crippen molar-refractivity contribution in [3.63, 3.8) is 0 Å². The van der Waals surface area contributed by atoms with Crippen LogP contribution in [-0.4, -0.2) is 20.7 Å². The summed E-state index contributed by atoms with van der Waals surface area (Å²) in [5.74, 6) is 0.734. The predicted octanol–water partition coefficient (Wildman–Crippen LogP) is 3.11. The van der Waals surface area contributed by atoms with Gasteiger partial charge in [-0.05, 0) is 31.5 Å². The molecule has 0 unspecified atom stereocenters. The summed E-state index contributed by atoms with van der Waals surface area (Å²) in [7, 11) is 3.68. The Hall–Kier alpha value is -0.890. The van der Waals surface area contributed by atoms with Crippen LogP contribution >= 0.6 is 11.6 Å². The summed E-state index contributed by atoms with van der Waals surface area (Å²) in [5, 5.41) is 0.661. The summed E-state index contributed by atoms with van der Waals surface area (Å²) in [6.07, 6.45) is 0. The first-order valence-corrected chi connectivity index (χ1v) is 5.03. The third-order valence-corrected chi connectivity index (χ3v) is 2.65. The molecule has 0 aliphatic rings. The highest BCUT2D eigenvalue weighted by Crippen LogP contribution is 2.31. The van der Waals surface area contributed by atoms with Crippen LogP contribution < -0.4 is 9.64 Å². The van der Waals surface area contributed by atoms with Crippen molar-refractivity contribution in [2.24, 2.45) is 0 Å². The summed E-state index contributed by atoms with van der Waals surface area (Å²) in [6, 6.07) is 3.91. The van der Waals surface area contributed by atoms with Gasteiger partial charge in [0.2, 0.25) is 0 Å². The van der Waals surface area contributed by atoms with Gasteiger partial charge in [0.05, 0.1) is 12.1 Å². The van der Waals surface area contributed by atoms with Crippen molar-refractivity contribution in [1.82, 2.24) is 0 Å². The van der Waals surface area contributed by atoms with E-state index in [1.165, 1.54) is 5.56 Å². The quantitative estimate of drug-likeness (QED) is 0.765. The van der Waals surface area contributed by atoms with Crippen molar-refractivity contribution in [1.29, 1.82) is 0 Å². The van der Waals surface area contributed by atoms with Crippen molar-refractivity contribution in [2.75, 3.05) is 25.6 Å². The Bertz CT molecular complexity index is 325. The van der Waals surface area contributed by atoms with Crippen molar-refractivity contribution < 1.29 is 4.74 Å². The lowest BCUT2D eigenvalue weighted by atomic mass is 10.1. The van der Waals surface area contributed by atoms with Gasteiger partial charge in [0, 0.05) is 19.3 Å². The van der Waals surface area contributed by atoms with Gasteiger partial charge in [0.1, 0.15) is 5.75 Å². The molecule has 0 saturated heterocycles. The van der Waals surface area contributed by atoms with Crippen LogP contribution in [0.4, 0.5) is 5.69 Å². The molecule has 0 aliphatic heterocycles. The molecule has 78 valence electrons. The third kappa shape index (κ3) is 2.13. The number of hydrogen-bond donors (Lipinski definition) is 0. The van der Waals surface area contributed by atoms with Gasteiger partial charge in [-0.3, -0.25) is 0 Å². The van der Waals surface area contributed by atoms with Crippen LogP contribution in [0.2, 0.25) is 5.02 Å². The van der Waals surface area contributed by atoms with E-state index >= 15 is 0 Å². The van der Waals surface area contributed by atoms with Gasteiger partial charge in [-0.2, -0.15) is 0 Å². The van der Waals surface area contributed by atoms with Gasteiger partial charge >= 0.3 is 0 Å². The van der Waals surface area contributed by atoms with Crippen LogP contribution in [0, 0.1) is 6.92 Å². The van der Waals surface area contributed by atoms with Crippen molar-refractivity contribution in [2.45, 2.75) is 13.8 Å². The zero-order valence-corrected chi connectivity index (χ0v) is 9.85. The van der Waals surface area contributed by atoms with E-state index in [2.05, 4.69) is 18.7 Å². The fourth-order valence-corrected chi connectivity index (χ4v) is 1.62. The molecule has 0 bridgehead atoms. The Kier molecular flexibility index (Phi) is 3.64. The molecule has 0 saturated carbocycles. The smallest absolute Gasteiger partial charge is 0.137 e. The molecule has 0 spiro atoms. The van der Waals surface area contributed by atoms with E-state index in [4.69, 9.17) is 16.3 Å². The molecule has 1 aromatic rings. The fraction of sp³-hybridized carbons (Fsp3) is 0.455. The molecular weight excluding hydrogens is 198 g/mol. The minimum absolute atomic E-state index is 0.661. The number of ether oxygens (including phenoxy) is 1. The van der Waals surface area contributed by atoms with Crippen LogP contribution in [-0.2, 0) is 0 Å². The lowest BCUT2D eigenvalue weighted by Gasteiger charge is -2.20. The Balaban J connectivity index is 3.14. The highest BCUT2D eigenvalue weighted by Gasteiger charge is 2.08. The summed E-state index contributed by atoms with van der Waals surface area (Å²) >= 11 is 6.05. The minimum Gasteiger partial charge on any atom is -0.495 e. The summed E-state index contributed by atoms with van der Waals surface area (Å²) < 4.78 is 5.14. The predicted molar refractivity (Wildman–Crippen MR) is 61.7 cm³/mol. The average molecular weight is 214 g/mol. The molecule has 0 atom stereocenters. The maximum atomic E-state index is 6.05. The average Bonchev–Trinajstić information content (AvgIpc) is 2.19. The zero-order valence-electron chi connectivity index (χ0n) is 9.10. The number of aryl methyl sites for hydroxylation is 1.